The smallest absolute Gasteiger partial charge is 0.347 e. The lowest BCUT2D eigenvalue weighted by Gasteiger charge is -2.13. The van der Waals surface area contributed by atoms with Crippen LogP contribution in [0.25, 0.3) is 0 Å². The molecule has 0 aliphatic heterocycles. The fourth-order valence-electron chi connectivity index (χ4n) is 1.36. The maximum atomic E-state index is 11.3. The SMILES string of the molecule is CC(C)CNCC(O)Cn1cccnc1=O. The van der Waals surface area contributed by atoms with Gasteiger partial charge in [0, 0.05) is 18.9 Å². The van der Waals surface area contributed by atoms with E-state index in [9.17, 15) is 9.90 Å². The number of hydrogen-bond acceptors (Lipinski definition) is 4. The second kappa shape index (κ2) is 6.40. The van der Waals surface area contributed by atoms with Crippen LogP contribution in [0.1, 0.15) is 13.8 Å². The Labute approximate surface area is 95.1 Å². The fraction of sp³-hybridized carbons (Fsp3) is 0.636. The second-order valence-corrected chi connectivity index (χ2v) is 4.26. The van der Waals surface area contributed by atoms with Crippen molar-refractivity contribution >= 4 is 0 Å². The van der Waals surface area contributed by atoms with E-state index in [1.807, 2.05) is 0 Å². The molecule has 0 aliphatic carbocycles. The number of aliphatic hydroxyl groups is 1. The molecule has 1 aromatic rings. The number of aliphatic hydroxyl groups excluding tert-OH is 1. The van der Waals surface area contributed by atoms with Crippen molar-refractivity contribution in [3.8, 4) is 0 Å². The molecule has 1 atom stereocenters. The lowest BCUT2D eigenvalue weighted by molar-refractivity contribution is 0.148. The van der Waals surface area contributed by atoms with Crippen LogP contribution in [0.3, 0.4) is 0 Å². The maximum absolute atomic E-state index is 11.3. The topological polar surface area (TPSA) is 67.2 Å². The Hall–Kier alpha value is -1.20. The highest BCUT2D eigenvalue weighted by Gasteiger charge is 2.06. The number of nitrogens with zero attached hydrogens (tertiary/aromatic N) is 2. The lowest BCUT2D eigenvalue weighted by atomic mass is 10.2. The number of hydrogen-bond donors (Lipinski definition) is 2. The molecular weight excluding hydrogens is 206 g/mol. The van der Waals surface area contributed by atoms with Crippen LogP contribution in [0.2, 0.25) is 0 Å². The van der Waals surface area contributed by atoms with Gasteiger partial charge in [0.05, 0.1) is 12.6 Å². The van der Waals surface area contributed by atoms with Crippen LogP contribution >= 0.6 is 0 Å². The molecule has 1 aromatic heterocycles. The summed E-state index contributed by atoms with van der Waals surface area (Å²) >= 11 is 0. The monoisotopic (exact) mass is 225 g/mol. The second-order valence-electron chi connectivity index (χ2n) is 4.26. The van der Waals surface area contributed by atoms with Gasteiger partial charge in [-0.2, -0.15) is 0 Å². The van der Waals surface area contributed by atoms with Gasteiger partial charge in [0.1, 0.15) is 0 Å². The fourth-order valence-corrected chi connectivity index (χ4v) is 1.36. The van der Waals surface area contributed by atoms with E-state index in [1.54, 1.807) is 12.3 Å². The van der Waals surface area contributed by atoms with E-state index < -0.39 is 6.10 Å². The van der Waals surface area contributed by atoms with Gasteiger partial charge in [-0.25, -0.2) is 9.78 Å². The highest BCUT2D eigenvalue weighted by atomic mass is 16.3. The first-order valence-electron chi connectivity index (χ1n) is 5.50. The van der Waals surface area contributed by atoms with Crippen molar-refractivity contribution in [2.24, 2.45) is 5.92 Å². The molecule has 0 aromatic carbocycles. The summed E-state index contributed by atoms with van der Waals surface area (Å²) < 4.78 is 1.40. The highest BCUT2D eigenvalue weighted by Crippen LogP contribution is 1.90. The Morgan fingerprint density at radius 3 is 2.88 bits per heavy atom. The van der Waals surface area contributed by atoms with Crippen molar-refractivity contribution in [3.05, 3.63) is 28.9 Å². The molecule has 2 N–H and O–H groups in total. The van der Waals surface area contributed by atoms with E-state index in [0.717, 1.165) is 6.54 Å². The molecule has 5 nitrogen and oxygen atoms in total. The summed E-state index contributed by atoms with van der Waals surface area (Å²) in [5.41, 5.74) is -0.328. The largest absolute Gasteiger partial charge is 0.390 e. The Kier molecular flexibility index (Phi) is 5.14. The molecule has 0 aliphatic rings. The van der Waals surface area contributed by atoms with Gasteiger partial charge >= 0.3 is 5.69 Å². The Bertz CT molecular complexity index is 362. The standard InChI is InChI=1S/C11H19N3O2/c1-9(2)6-12-7-10(15)8-14-5-3-4-13-11(14)16/h3-5,9-10,12,15H,6-8H2,1-2H3. The zero-order valence-corrected chi connectivity index (χ0v) is 9.76. The van der Waals surface area contributed by atoms with Crippen molar-refractivity contribution < 1.29 is 5.11 Å². The molecular formula is C11H19N3O2. The zero-order valence-electron chi connectivity index (χ0n) is 9.76. The van der Waals surface area contributed by atoms with Crippen LogP contribution in [0.4, 0.5) is 0 Å². The molecule has 1 heterocycles. The third-order valence-corrected chi connectivity index (χ3v) is 2.12. The predicted molar refractivity (Wildman–Crippen MR) is 62.2 cm³/mol. The van der Waals surface area contributed by atoms with Crippen LogP contribution < -0.4 is 11.0 Å². The molecule has 0 radical (unpaired) electrons. The number of aromatic nitrogens is 2. The van der Waals surface area contributed by atoms with Crippen LogP contribution in [0.5, 0.6) is 0 Å². The van der Waals surface area contributed by atoms with Gasteiger partial charge in [0.25, 0.3) is 0 Å². The molecule has 0 bridgehead atoms. The molecule has 1 unspecified atom stereocenters. The molecule has 1 rings (SSSR count). The summed E-state index contributed by atoms with van der Waals surface area (Å²) in [4.78, 5) is 14.9. The van der Waals surface area contributed by atoms with E-state index >= 15 is 0 Å². The minimum atomic E-state index is -0.569. The van der Waals surface area contributed by atoms with Crippen molar-refractivity contribution in [1.29, 1.82) is 0 Å². The maximum Gasteiger partial charge on any atom is 0.347 e. The molecule has 0 spiro atoms. The Balaban J connectivity index is 2.37. The highest BCUT2D eigenvalue weighted by molar-refractivity contribution is 4.81. The number of rotatable bonds is 6. The lowest BCUT2D eigenvalue weighted by Crippen LogP contribution is -2.35. The van der Waals surface area contributed by atoms with Crippen LogP contribution in [-0.2, 0) is 6.54 Å². The quantitative estimate of drug-likeness (QED) is 0.706. The van der Waals surface area contributed by atoms with Crippen molar-refractivity contribution in [2.45, 2.75) is 26.5 Å². The first kappa shape index (κ1) is 12.9. The minimum absolute atomic E-state index is 0.276. The van der Waals surface area contributed by atoms with Crippen molar-refractivity contribution in [1.82, 2.24) is 14.9 Å². The molecule has 0 amide bonds. The van der Waals surface area contributed by atoms with Crippen molar-refractivity contribution in [2.75, 3.05) is 13.1 Å². The predicted octanol–water partition coefficient (Wildman–Crippen LogP) is -0.150. The first-order chi connectivity index (χ1) is 7.59. The summed E-state index contributed by atoms with van der Waals surface area (Å²) in [6.45, 7) is 5.83. The first-order valence-corrected chi connectivity index (χ1v) is 5.50. The van der Waals surface area contributed by atoms with E-state index in [4.69, 9.17) is 0 Å². The van der Waals surface area contributed by atoms with Gasteiger partial charge in [-0.15, -0.1) is 0 Å². The zero-order chi connectivity index (χ0) is 12.0. The van der Waals surface area contributed by atoms with Crippen LogP contribution in [-0.4, -0.2) is 33.9 Å². The van der Waals surface area contributed by atoms with Gasteiger partial charge in [-0.05, 0) is 18.5 Å². The van der Waals surface area contributed by atoms with Crippen molar-refractivity contribution in [3.63, 3.8) is 0 Å². The van der Waals surface area contributed by atoms with Gasteiger partial charge in [0.2, 0.25) is 0 Å². The summed E-state index contributed by atoms with van der Waals surface area (Å²) in [5.74, 6) is 0.549. The molecule has 0 saturated heterocycles. The van der Waals surface area contributed by atoms with Crippen LogP contribution in [0, 0.1) is 5.92 Å². The summed E-state index contributed by atoms with van der Waals surface area (Å²) in [5, 5.41) is 12.8. The third kappa shape index (κ3) is 4.55. The van der Waals surface area contributed by atoms with Crippen LogP contribution in [0.15, 0.2) is 23.3 Å². The third-order valence-electron chi connectivity index (χ3n) is 2.12. The van der Waals surface area contributed by atoms with Gasteiger partial charge in [-0.1, -0.05) is 13.8 Å². The van der Waals surface area contributed by atoms with Gasteiger partial charge < -0.3 is 10.4 Å². The summed E-state index contributed by atoms with van der Waals surface area (Å²) in [7, 11) is 0. The molecule has 0 fully saturated rings. The van der Waals surface area contributed by atoms with Gasteiger partial charge in [0.15, 0.2) is 0 Å². The molecule has 90 valence electrons. The molecule has 5 heteroatoms. The van der Waals surface area contributed by atoms with E-state index in [0.29, 0.717) is 12.5 Å². The van der Waals surface area contributed by atoms with E-state index in [2.05, 4.69) is 24.1 Å². The number of nitrogens with one attached hydrogen (secondary N) is 1. The average molecular weight is 225 g/mol. The Morgan fingerprint density at radius 1 is 1.50 bits per heavy atom. The summed E-state index contributed by atoms with van der Waals surface area (Å²) in [6.07, 6.45) is 2.50. The van der Waals surface area contributed by atoms with E-state index in [-0.39, 0.29) is 12.2 Å². The summed E-state index contributed by atoms with van der Waals surface area (Å²) in [6, 6.07) is 1.68. The normalized spacial score (nSPS) is 13.0. The molecule has 0 saturated carbocycles. The van der Waals surface area contributed by atoms with E-state index in [1.165, 1.54) is 10.8 Å². The van der Waals surface area contributed by atoms with Gasteiger partial charge in [-0.3, -0.25) is 4.57 Å². The minimum Gasteiger partial charge on any atom is -0.390 e. The Morgan fingerprint density at radius 2 is 2.25 bits per heavy atom. The average Bonchev–Trinajstić information content (AvgIpc) is 2.21. The molecule has 16 heavy (non-hydrogen) atoms.